The Bertz CT molecular complexity index is 1040. The lowest BCUT2D eigenvalue weighted by Gasteiger charge is -2.09. The molecular formula is C19H10Cl5NO3S. The molecule has 0 radical (unpaired) electrons. The van der Waals surface area contributed by atoms with Gasteiger partial charge in [0.05, 0.1) is 10.0 Å². The molecule has 150 valence electrons. The summed E-state index contributed by atoms with van der Waals surface area (Å²) in [6.07, 6.45) is 0. The molecule has 0 amide bonds. The summed E-state index contributed by atoms with van der Waals surface area (Å²) in [5.74, 6) is 0.0140. The van der Waals surface area contributed by atoms with Crippen LogP contribution in [-0.2, 0) is 4.33 Å². The van der Waals surface area contributed by atoms with Crippen LogP contribution < -0.4 is 9.61 Å². The van der Waals surface area contributed by atoms with Gasteiger partial charge in [-0.1, -0.05) is 62.3 Å². The van der Waals surface area contributed by atoms with Crippen molar-refractivity contribution in [3.8, 4) is 5.75 Å². The van der Waals surface area contributed by atoms with Gasteiger partial charge in [-0.2, -0.15) is 0 Å². The van der Waals surface area contributed by atoms with E-state index in [1.165, 1.54) is 18.2 Å². The number of ketones is 1. The van der Waals surface area contributed by atoms with Crippen molar-refractivity contribution in [2.24, 2.45) is 0 Å². The summed E-state index contributed by atoms with van der Waals surface area (Å²) >= 11 is 30.8. The fourth-order valence-corrected chi connectivity index (χ4v) is 3.86. The van der Waals surface area contributed by atoms with Crippen LogP contribution in [0.1, 0.15) is 15.9 Å². The van der Waals surface area contributed by atoms with E-state index in [2.05, 4.69) is 4.72 Å². The molecule has 0 aliphatic heterocycles. The molecule has 0 bridgehead atoms. The zero-order chi connectivity index (χ0) is 21.0. The van der Waals surface area contributed by atoms with Crippen molar-refractivity contribution in [1.29, 1.82) is 0 Å². The van der Waals surface area contributed by atoms with Crippen molar-refractivity contribution < 1.29 is 14.0 Å². The maximum atomic E-state index is 12.7. The summed E-state index contributed by atoms with van der Waals surface area (Å²) in [6.45, 7) is 0. The van der Waals surface area contributed by atoms with Crippen LogP contribution in [0.15, 0.2) is 54.6 Å². The molecule has 0 spiro atoms. The zero-order valence-electron chi connectivity index (χ0n) is 14.2. The second-order valence-electron chi connectivity index (χ2n) is 5.59. The molecule has 4 nitrogen and oxygen atoms in total. The highest BCUT2D eigenvalue weighted by Gasteiger charge is 2.15. The maximum absolute atomic E-state index is 12.7. The van der Waals surface area contributed by atoms with Gasteiger partial charge in [0.15, 0.2) is 23.8 Å². The molecule has 3 aromatic carbocycles. The van der Waals surface area contributed by atoms with Gasteiger partial charge in [0.1, 0.15) is 0 Å². The van der Waals surface area contributed by atoms with Crippen LogP contribution in [0.4, 0.5) is 5.69 Å². The van der Waals surface area contributed by atoms with Gasteiger partial charge >= 0.3 is 0 Å². The van der Waals surface area contributed by atoms with Crippen molar-refractivity contribution >= 4 is 81.7 Å². The maximum Gasteiger partial charge on any atom is 0.194 e. The fraction of sp³-hybridized carbons (Fsp3) is 0. The number of hydrogen-bond acceptors (Lipinski definition) is 5. The first-order valence-corrected chi connectivity index (χ1v) is 10.5. The molecule has 0 aromatic heterocycles. The minimum atomic E-state index is -0.296. The lowest BCUT2D eigenvalue weighted by atomic mass is 10.0. The van der Waals surface area contributed by atoms with Crippen LogP contribution in [-0.4, -0.2) is 5.78 Å². The number of carbonyl (C=O) groups excluding carboxylic acids is 1. The molecule has 0 fully saturated rings. The number of benzene rings is 3. The second-order valence-corrected chi connectivity index (χ2v) is 8.22. The van der Waals surface area contributed by atoms with Gasteiger partial charge in [0, 0.05) is 31.9 Å². The Morgan fingerprint density at radius 3 is 2.17 bits per heavy atom. The Balaban J connectivity index is 1.61. The summed E-state index contributed by atoms with van der Waals surface area (Å²) in [6, 6.07) is 14.1. The lowest BCUT2D eigenvalue weighted by Crippen LogP contribution is -2.03. The molecule has 3 aromatic rings. The van der Waals surface area contributed by atoms with E-state index in [1.807, 2.05) is 0 Å². The molecular weight excluding hydrogens is 500 g/mol. The molecule has 0 saturated heterocycles. The van der Waals surface area contributed by atoms with Crippen LogP contribution in [0.3, 0.4) is 0 Å². The van der Waals surface area contributed by atoms with Gasteiger partial charge in [-0.05, 0) is 54.6 Å². The first-order chi connectivity index (χ1) is 13.8. The number of anilines is 1. The van der Waals surface area contributed by atoms with Crippen molar-refractivity contribution in [2.45, 2.75) is 0 Å². The van der Waals surface area contributed by atoms with Crippen molar-refractivity contribution in [3.63, 3.8) is 0 Å². The Kier molecular flexibility index (Phi) is 7.82. The Hall–Kier alpha value is -1.31. The van der Waals surface area contributed by atoms with Crippen LogP contribution in [0, 0.1) is 0 Å². The number of hydrogen-bond donors (Lipinski definition) is 1. The van der Waals surface area contributed by atoms with E-state index in [0.717, 1.165) is 12.2 Å². The van der Waals surface area contributed by atoms with Crippen molar-refractivity contribution in [1.82, 2.24) is 0 Å². The quantitative estimate of drug-likeness (QED) is 0.0869. The number of halogens is 5. The van der Waals surface area contributed by atoms with E-state index < -0.39 is 0 Å². The summed E-state index contributed by atoms with van der Waals surface area (Å²) in [5.41, 5.74) is 1.24. The first kappa shape index (κ1) is 22.4. The van der Waals surface area contributed by atoms with E-state index in [9.17, 15) is 4.79 Å². The van der Waals surface area contributed by atoms with Crippen molar-refractivity contribution in [2.75, 3.05) is 4.72 Å². The molecule has 0 saturated carbocycles. The summed E-state index contributed by atoms with van der Waals surface area (Å²) in [4.78, 5) is 17.7. The van der Waals surface area contributed by atoms with E-state index in [0.29, 0.717) is 42.7 Å². The lowest BCUT2D eigenvalue weighted by molar-refractivity contribution is -0.0769. The highest BCUT2D eigenvalue weighted by molar-refractivity contribution is 7.95. The number of carbonyl (C=O) groups is 1. The number of nitrogens with one attached hydrogen (secondary N) is 1. The Morgan fingerprint density at radius 1 is 0.793 bits per heavy atom. The standard InChI is InChI=1S/C19H10Cl5NO3S/c20-11-1-4-18(17(24)8-11)27-28-29-25-14-2-3-15(16(23)9-14)19(26)10-5-12(21)7-13(22)6-10/h1-9,25H. The van der Waals surface area contributed by atoms with Gasteiger partial charge in [-0.3, -0.25) is 4.79 Å². The zero-order valence-corrected chi connectivity index (χ0v) is 18.8. The Labute approximate surface area is 196 Å². The van der Waals surface area contributed by atoms with Crippen LogP contribution >= 0.6 is 70.2 Å². The molecule has 10 heteroatoms. The molecule has 0 aliphatic rings. The molecule has 0 atom stereocenters. The van der Waals surface area contributed by atoms with Gasteiger partial charge < -0.3 is 9.61 Å². The van der Waals surface area contributed by atoms with Crippen LogP contribution in [0.5, 0.6) is 5.75 Å². The summed E-state index contributed by atoms with van der Waals surface area (Å²) in [7, 11) is 0. The molecule has 0 heterocycles. The second kappa shape index (κ2) is 10.1. The van der Waals surface area contributed by atoms with Crippen LogP contribution in [0.2, 0.25) is 25.1 Å². The molecule has 0 aliphatic carbocycles. The topological polar surface area (TPSA) is 47.6 Å². The van der Waals surface area contributed by atoms with Gasteiger partial charge in [0.25, 0.3) is 0 Å². The van der Waals surface area contributed by atoms with Crippen molar-refractivity contribution in [3.05, 3.63) is 90.8 Å². The fourth-order valence-electron chi connectivity index (χ4n) is 2.26. The normalized spacial score (nSPS) is 10.7. The third-order valence-electron chi connectivity index (χ3n) is 3.55. The van der Waals surface area contributed by atoms with Crippen LogP contribution in [0.25, 0.3) is 0 Å². The van der Waals surface area contributed by atoms with Gasteiger partial charge in [-0.15, -0.1) is 0 Å². The third kappa shape index (κ3) is 6.09. The summed E-state index contributed by atoms with van der Waals surface area (Å²) in [5, 5.41) is 1.77. The third-order valence-corrected chi connectivity index (χ3v) is 5.28. The molecule has 0 unspecified atom stereocenters. The predicted molar refractivity (Wildman–Crippen MR) is 121 cm³/mol. The van der Waals surface area contributed by atoms with E-state index in [4.69, 9.17) is 67.2 Å². The average molecular weight is 510 g/mol. The van der Waals surface area contributed by atoms with Gasteiger partial charge in [-0.25, -0.2) is 0 Å². The molecule has 1 N–H and O–H groups in total. The minimum Gasteiger partial charge on any atom is -0.322 e. The van der Waals surface area contributed by atoms with E-state index in [1.54, 1.807) is 36.4 Å². The first-order valence-electron chi connectivity index (χ1n) is 7.85. The molecule has 29 heavy (non-hydrogen) atoms. The monoisotopic (exact) mass is 507 g/mol. The summed E-state index contributed by atoms with van der Waals surface area (Å²) < 4.78 is 7.87. The number of rotatable bonds is 7. The minimum absolute atomic E-state index is 0.248. The SMILES string of the molecule is O=C(c1cc(Cl)cc(Cl)c1)c1ccc(NSOOc2ccc(Cl)cc2Cl)cc1Cl. The molecule has 3 rings (SSSR count). The highest BCUT2D eigenvalue weighted by atomic mass is 35.5. The average Bonchev–Trinajstić information content (AvgIpc) is 2.65. The van der Waals surface area contributed by atoms with E-state index >= 15 is 0 Å². The highest BCUT2D eigenvalue weighted by Crippen LogP contribution is 2.30. The predicted octanol–water partition coefficient (Wildman–Crippen LogP) is 8.17. The van der Waals surface area contributed by atoms with Gasteiger partial charge in [0.2, 0.25) is 0 Å². The largest absolute Gasteiger partial charge is 0.322 e. The Morgan fingerprint density at radius 2 is 1.52 bits per heavy atom. The smallest absolute Gasteiger partial charge is 0.194 e. The van der Waals surface area contributed by atoms with E-state index in [-0.39, 0.29) is 10.8 Å².